The molecule has 194 valence electrons. The van der Waals surface area contributed by atoms with Crippen molar-refractivity contribution in [3.05, 3.63) is 53.1 Å². The van der Waals surface area contributed by atoms with Gasteiger partial charge in [0.15, 0.2) is 0 Å². The Morgan fingerprint density at radius 1 is 1.08 bits per heavy atom. The number of nitrogens with one attached hydrogen (secondary N) is 3. The summed E-state index contributed by atoms with van der Waals surface area (Å²) < 4.78 is 40.3. The number of alkyl halides is 3. The molecular weight excluding hydrogens is 471 g/mol. The van der Waals surface area contributed by atoms with Gasteiger partial charge in [0.1, 0.15) is 0 Å². The van der Waals surface area contributed by atoms with E-state index in [2.05, 4.69) is 34.8 Å². The summed E-state index contributed by atoms with van der Waals surface area (Å²) in [6, 6.07) is 8.18. The number of halogens is 3. The van der Waals surface area contributed by atoms with Crippen molar-refractivity contribution >= 4 is 28.9 Å². The molecule has 0 unspecified atom stereocenters. The summed E-state index contributed by atoms with van der Waals surface area (Å²) in [6.07, 6.45) is -4.54. The minimum absolute atomic E-state index is 0.0928. The van der Waals surface area contributed by atoms with Crippen molar-refractivity contribution in [1.29, 1.82) is 0 Å². The topological polar surface area (TPSA) is 76.7 Å². The van der Waals surface area contributed by atoms with Crippen LogP contribution in [0, 0.1) is 5.92 Å². The molecule has 4 rings (SSSR count). The number of amides is 2. The number of carbonyl (C=O) groups excluding carboxylic acids is 2. The van der Waals surface area contributed by atoms with Crippen LogP contribution in [0.1, 0.15) is 49.2 Å². The number of fused-ring (bicyclic) bond motifs is 1. The lowest BCUT2D eigenvalue weighted by atomic mass is 9.86. The quantitative estimate of drug-likeness (QED) is 0.529. The zero-order valence-electron chi connectivity index (χ0n) is 20.9. The molecule has 3 N–H and O–H groups in total. The largest absolute Gasteiger partial charge is 0.416 e. The molecule has 0 atom stereocenters. The van der Waals surface area contributed by atoms with Gasteiger partial charge in [0.2, 0.25) is 5.91 Å². The molecule has 2 aliphatic heterocycles. The molecule has 1 fully saturated rings. The van der Waals surface area contributed by atoms with E-state index in [-0.39, 0.29) is 17.2 Å². The first kappa shape index (κ1) is 26.0. The maximum atomic E-state index is 13.4. The van der Waals surface area contributed by atoms with Crippen LogP contribution >= 0.6 is 0 Å². The van der Waals surface area contributed by atoms with Crippen LogP contribution in [0.5, 0.6) is 0 Å². The number of rotatable bonds is 6. The molecule has 2 aromatic carbocycles. The van der Waals surface area contributed by atoms with E-state index in [0.717, 1.165) is 37.3 Å². The van der Waals surface area contributed by atoms with Gasteiger partial charge in [-0.15, -0.1) is 0 Å². The first-order valence-electron chi connectivity index (χ1n) is 12.1. The summed E-state index contributed by atoms with van der Waals surface area (Å²) in [7, 11) is 0. The van der Waals surface area contributed by atoms with Gasteiger partial charge in [-0.1, -0.05) is 19.9 Å². The summed E-state index contributed by atoms with van der Waals surface area (Å²) in [5, 5.41) is 7.41. The van der Waals surface area contributed by atoms with E-state index in [1.165, 1.54) is 6.07 Å². The van der Waals surface area contributed by atoms with Crippen molar-refractivity contribution in [2.24, 2.45) is 5.92 Å². The second-order valence-electron chi connectivity index (χ2n) is 10.3. The van der Waals surface area contributed by atoms with E-state index < -0.39 is 23.1 Å². The van der Waals surface area contributed by atoms with Crippen LogP contribution in [0.4, 0.5) is 30.2 Å². The molecule has 1 saturated heterocycles. The Morgan fingerprint density at radius 2 is 1.78 bits per heavy atom. The Bertz CT molecular complexity index is 1150. The Morgan fingerprint density at radius 3 is 2.42 bits per heavy atom. The van der Waals surface area contributed by atoms with Crippen LogP contribution < -0.4 is 16.1 Å². The highest BCUT2D eigenvalue weighted by Gasteiger charge is 2.38. The van der Waals surface area contributed by atoms with Crippen molar-refractivity contribution in [3.63, 3.8) is 0 Å². The van der Waals surface area contributed by atoms with Crippen molar-refractivity contribution in [3.8, 4) is 0 Å². The van der Waals surface area contributed by atoms with E-state index in [9.17, 15) is 22.8 Å². The smallest absolute Gasteiger partial charge is 0.325 e. The highest BCUT2D eigenvalue weighted by atomic mass is 19.4. The van der Waals surface area contributed by atoms with Gasteiger partial charge in [0.25, 0.3) is 5.91 Å². The molecule has 2 heterocycles. The predicted octanol–water partition coefficient (Wildman–Crippen LogP) is 4.79. The van der Waals surface area contributed by atoms with Crippen LogP contribution in [-0.4, -0.2) is 54.4 Å². The minimum Gasteiger partial charge on any atom is -0.325 e. The third kappa shape index (κ3) is 5.49. The Hall–Kier alpha value is -3.11. The molecule has 0 aliphatic carbocycles. The lowest BCUT2D eigenvalue weighted by molar-refractivity contribution is -0.137. The van der Waals surface area contributed by atoms with Gasteiger partial charge in [-0.3, -0.25) is 9.59 Å². The Kier molecular flexibility index (Phi) is 7.03. The average Bonchev–Trinajstić information content (AvgIpc) is 3.01. The summed E-state index contributed by atoms with van der Waals surface area (Å²) in [5.41, 5.74) is 3.59. The van der Waals surface area contributed by atoms with Gasteiger partial charge in [-0.2, -0.15) is 13.2 Å². The zero-order valence-corrected chi connectivity index (χ0v) is 20.9. The van der Waals surface area contributed by atoms with Crippen LogP contribution in [0.3, 0.4) is 0 Å². The standard InChI is InChI=1S/C26H32F3N5O2/c1-16(2)15-33-9-11-34(12-10-33)32-21-13-17(26(27,28)29)5-7-19(21)23(35)30-18-6-8-20-22(14-18)31-24(36)25(20,3)4/h5-8,13-14,16,32H,9-12,15H2,1-4H3,(H,30,35)(H,31,36). The van der Waals surface area contributed by atoms with Crippen LogP contribution in [-0.2, 0) is 16.4 Å². The number of piperazine rings is 1. The number of carbonyl (C=O) groups is 2. The second kappa shape index (κ2) is 9.74. The highest BCUT2D eigenvalue weighted by Crippen LogP contribution is 2.39. The number of anilines is 3. The number of nitrogens with zero attached hydrogens (tertiary/aromatic N) is 2. The fraction of sp³-hybridized carbons (Fsp3) is 0.462. The first-order chi connectivity index (χ1) is 16.8. The lowest BCUT2D eigenvalue weighted by Crippen LogP contribution is -2.49. The summed E-state index contributed by atoms with van der Waals surface area (Å²) in [6.45, 7) is 11.7. The number of hydrogen-bond donors (Lipinski definition) is 3. The fourth-order valence-electron chi connectivity index (χ4n) is 4.61. The molecule has 0 bridgehead atoms. The molecule has 0 saturated carbocycles. The van der Waals surface area contributed by atoms with E-state index >= 15 is 0 Å². The molecule has 2 aliphatic rings. The van der Waals surface area contributed by atoms with Crippen LogP contribution in [0.15, 0.2) is 36.4 Å². The molecule has 2 amide bonds. The minimum atomic E-state index is -4.54. The van der Waals surface area contributed by atoms with Crippen LogP contribution in [0.25, 0.3) is 0 Å². The van der Waals surface area contributed by atoms with Crippen molar-refractivity contribution < 1.29 is 22.8 Å². The van der Waals surface area contributed by atoms with Gasteiger partial charge in [0, 0.05) is 44.1 Å². The first-order valence-corrected chi connectivity index (χ1v) is 12.1. The molecule has 0 aromatic heterocycles. The third-order valence-corrected chi connectivity index (χ3v) is 6.63. The molecular formula is C26H32F3N5O2. The second-order valence-corrected chi connectivity index (χ2v) is 10.3. The number of hydrazine groups is 1. The van der Waals surface area contributed by atoms with Gasteiger partial charge in [-0.25, -0.2) is 5.01 Å². The van der Waals surface area contributed by atoms with Gasteiger partial charge < -0.3 is 21.0 Å². The van der Waals surface area contributed by atoms with E-state index in [1.807, 2.05) is 18.9 Å². The van der Waals surface area contributed by atoms with Crippen molar-refractivity contribution in [2.75, 3.05) is 48.8 Å². The lowest BCUT2D eigenvalue weighted by Gasteiger charge is -2.36. The average molecular weight is 504 g/mol. The van der Waals surface area contributed by atoms with E-state index in [4.69, 9.17) is 0 Å². The maximum absolute atomic E-state index is 13.4. The normalized spacial score (nSPS) is 18.2. The fourth-order valence-corrected chi connectivity index (χ4v) is 4.61. The summed E-state index contributed by atoms with van der Waals surface area (Å²) in [4.78, 5) is 27.7. The monoisotopic (exact) mass is 503 g/mol. The van der Waals surface area contributed by atoms with Gasteiger partial charge >= 0.3 is 6.18 Å². The SMILES string of the molecule is CC(C)CN1CCN(Nc2cc(C(F)(F)F)ccc2C(=O)Nc2ccc3c(c2)NC(=O)C3(C)C)CC1. The Balaban J connectivity index is 1.54. The molecule has 2 aromatic rings. The number of benzene rings is 2. The summed E-state index contributed by atoms with van der Waals surface area (Å²) >= 11 is 0. The highest BCUT2D eigenvalue weighted by molar-refractivity contribution is 6.10. The maximum Gasteiger partial charge on any atom is 0.416 e. The van der Waals surface area contributed by atoms with Gasteiger partial charge in [-0.05, 0) is 55.7 Å². The zero-order chi connectivity index (χ0) is 26.3. The third-order valence-electron chi connectivity index (χ3n) is 6.63. The predicted molar refractivity (Wildman–Crippen MR) is 134 cm³/mol. The molecule has 7 nitrogen and oxygen atoms in total. The molecule has 10 heteroatoms. The molecule has 0 radical (unpaired) electrons. The Labute approximate surface area is 209 Å². The molecule has 36 heavy (non-hydrogen) atoms. The van der Waals surface area contributed by atoms with E-state index in [1.54, 1.807) is 18.2 Å². The van der Waals surface area contributed by atoms with Crippen LogP contribution in [0.2, 0.25) is 0 Å². The number of hydrogen-bond acceptors (Lipinski definition) is 5. The van der Waals surface area contributed by atoms with Gasteiger partial charge in [0.05, 0.1) is 22.2 Å². The molecule has 0 spiro atoms. The summed E-state index contributed by atoms with van der Waals surface area (Å²) in [5.74, 6) is -0.154. The van der Waals surface area contributed by atoms with Crippen molar-refractivity contribution in [2.45, 2.75) is 39.3 Å². The van der Waals surface area contributed by atoms with Crippen molar-refractivity contribution in [1.82, 2.24) is 9.91 Å². The van der Waals surface area contributed by atoms with E-state index in [0.29, 0.717) is 30.4 Å².